The summed E-state index contributed by atoms with van der Waals surface area (Å²) in [6, 6.07) is 17.3. The van der Waals surface area contributed by atoms with Crippen LogP contribution in [0.3, 0.4) is 0 Å². The van der Waals surface area contributed by atoms with Crippen molar-refractivity contribution in [3.05, 3.63) is 484 Å². The highest BCUT2D eigenvalue weighted by Gasteiger charge is 2.30. The Balaban J connectivity index is 0.000000125. The van der Waals surface area contributed by atoms with Crippen molar-refractivity contribution in [1.82, 2.24) is 66.8 Å². The molecule has 33 rings (SSSR count). The molecule has 0 amide bonds. The Labute approximate surface area is 922 Å². The summed E-state index contributed by atoms with van der Waals surface area (Å²) in [6.45, 7) is 1.31. The summed E-state index contributed by atoms with van der Waals surface area (Å²) in [5.74, 6) is 1.23. The summed E-state index contributed by atoms with van der Waals surface area (Å²) in [7, 11) is 0. The van der Waals surface area contributed by atoms with Crippen molar-refractivity contribution in [3.63, 3.8) is 0 Å². The van der Waals surface area contributed by atoms with Crippen molar-refractivity contribution in [1.29, 1.82) is 0 Å². The van der Waals surface area contributed by atoms with Crippen molar-refractivity contribution in [3.8, 4) is 108 Å². The predicted molar refractivity (Wildman–Crippen MR) is 614 cm³/mol. The molecule has 0 radical (unpaired) electrons. The molecule has 33 aromatic rings. The zero-order valence-electron chi connectivity index (χ0n) is 127. The smallest absolute Gasteiger partial charge is 0.166 e. The normalized spacial score (nSPS) is 16.9. The van der Waals surface area contributed by atoms with E-state index in [2.05, 4.69) is 9.97 Å². The van der Waals surface area contributed by atoms with E-state index in [0.29, 0.717) is 51.2 Å². The summed E-state index contributed by atoms with van der Waals surface area (Å²) in [6.07, 6.45) is 0. The first kappa shape index (κ1) is 47.8. The van der Waals surface area contributed by atoms with Crippen molar-refractivity contribution >= 4 is 191 Å². The van der Waals surface area contributed by atoms with Crippen LogP contribution in [0.2, 0.25) is 0 Å². The van der Waals surface area contributed by atoms with Crippen LogP contribution in [0, 0.1) is 6.92 Å². The average Bonchev–Trinajstić information content (AvgIpc) is 1.50. The lowest BCUT2D eigenvalue weighted by Gasteiger charge is -2.15. The van der Waals surface area contributed by atoms with Gasteiger partial charge in [-0.3, -0.25) is 0 Å². The number of benzene rings is 21. The first-order chi connectivity index (χ1) is 95.1. The Morgan fingerprint density at radius 2 is 0.510 bits per heavy atom. The zero-order chi connectivity index (χ0) is 142. The lowest BCUT2D eigenvalue weighted by Crippen LogP contribution is -2.03. The summed E-state index contributed by atoms with van der Waals surface area (Å²) in [4.78, 5) is 38.2. The van der Waals surface area contributed by atoms with Gasteiger partial charge in [-0.05, 0) is 144 Å². The maximum atomic E-state index is 9.94. The molecule has 0 N–H and O–H groups in total. The van der Waals surface area contributed by atoms with Crippen LogP contribution in [0.25, 0.3) is 299 Å². The van der Waals surface area contributed by atoms with Crippen LogP contribution in [-0.2, 0) is 0 Å². The molecule has 0 bridgehead atoms. The number of aromatic nitrogens is 14. The van der Waals surface area contributed by atoms with E-state index in [9.17, 15) is 38.4 Å². The zero-order valence-corrected chi connectivity index (χ0v) is 76.4. The second-order valence-electron chi connectivity index (χ2n) is 34.9. The Morgan fingerprint density at radius 1 is 0.195 bits per heavy atom. The summed E-state index contributed by atoms with van der Waals surface area (Å²) in [5.41, 5.74) is -2.11. The molecule has 21 aromatic carbocycles. The Bertz CT molecular complexity index is 14600. The van der Waals surface area contributed by atoms with E-state index >= 15 is 0 Å². The highest BCUT2D eigenvalue weighted by Crippen LogP contribution is 2.51. The molecule has 692 valence electrons. The molecule has 12 aromatic heterocycles. The van der Waals surface area contributed by atoms with E-state index in [1.54, 1.807) is 48.5 Å². The quantitative estimate of drug-likeness (QED) is 0.125. The van der Waals surface area contributed by atoms with Gasteiger partial charge in [0.1, 0.15) is 0 Å². The molecule has 0 aliphatic carbocycles. The summed E-state index contributed by atoms with van der Waals surface area (Å²) < 4.78 is 473. The third kappa shape index (κ3) is 12.7. The Hall–Kier alpha value is -20.2. The van der Waals surface area contributed by atoms with Crippen LogP contribution >= 0.6 is 0 Å². The van der Waals surface area contributed by atoms with E-state index in [4.69, 9.17) is 61.4 Å². The topological polar surface area (TPSA) is 131 Å². The minimum Gasteiger partial charge on any atom is -0.309 e. The van der Waals surface area contributed by atoms with Crippen LogP contribution in [0.4, 0.5) is 0 Å². The SMILES string of the molecule is [2H]c1c([2H])c(C)c([2H])c(-c2nc(-c3c([2H])c([2H])c([2H])c(-n4c5c([2H])c([2H])c([2H])c6c7c([2H])c([2H])c([2H])c8c9c([2H])c([2H])c([2H])c([2H])c9n(c9c([2H])c([2H])c([2H])c4c9c65)c78)c3[2H])nc3c([2H])c([2H])c([2H])c([2H])c23)c1[2H].[2H]c1c([2H])c([2H])c2c(c1[2H])c1c([2H])c([2H])c([2H])c3c4c([2H])c([2H])c([2H])c5c4c4c(c([2H])c([2H])c([2H])c4n2c31)n5-c1cccc(-c2nc(-c3ccccc3)nc(-c3ccccc3)n2)c1.[2H]c1c([2H])c([2H])c2c(c1[2H])c1c([2H])c([2H])c([2H])c3c4c([2H])c([2H])c([2H])c5c4c4c(c([2H])c([2H])c([2H])c4n2c31)n5-c1ccccc1-c1nc(-c2ccccc2)nc(-c2ccccc2)n1. The molecule has 0 fully saturated rings. The molecule has 0 saturated heterocycles. The number of fused-ring (bicyclic) bond motifs is 16. The fourth-order valence-corrected chi connectivity index (χ4v) is 20.6. The molecule has 0 atom stereocenters. The standard InChI is InChI=1S/2C45H27N5.C45H28N4/c1-3-14-28(15-4-1)43-46-44(29-16-5-2-6-17-29)48-45(47-43)34-19-8-10-24-36(34)49-37-25-12-20-31-33-22-11-21-32-30-18-7-9-23-35(30)50(42(32)33)39-27-13-26-38(49)41(39)40(31)37;1-3-13-28(14-4-1)43-46-44(29-15-5-2-6-16-29)48-45(47-43)30-17-9-18-31(27-30)49-37-24-11-20-33-35-22-10-21-34-32-19-7-8-23-36(32)50(42(34)35)39-26-12-25-38(49)41(39)40(33)37;1-27-11-6-12-28(25-27)43-35-16-2-4-20-36(35)46-45(47-43)29-13-7-14-30(26-29)48-38-22-9-17-32-34-19-8-18-33-31-15-3-5-21-37(31)49(44(33)34)40-24-10-23-39(48)42(40)41(32)38/h2*1-27H;2-26H,1H3/i7D,9D,11D,12D,13D,18D,20D,21D,22D,23D,25D,26D,27D;7D,8D,10D,11D,12D,19D,20D,21D,22D,23D,24D,25D,26D;2D,3D,4D,5D,6D,7D,8D,9D,10D,11D,12D,13D,14D,15D,16D,17D,18D,19D,20D,21D,22D,23D,24D,25D,26D. The number of rotatable bonds is 11. The lowest BCUT2D eigenvalue weighted by atomic mass is 10.0. The second-order valence-corrected chi connectivity index (χ2v) is 34.9. The molecule has 0 saturated carbocycles. The van der Waals surface area contributed by atoms with Gasteiger partial charge in [0, 0.05) is 142 Å². The molecule has 14 heteroatoms. The van der Waals surface area contributed by atoms with Crippen molar-refractivity contribution in [2.24, 2.45) is 0 Å². The molecule has 0 unspecified atom stereocenters. The average molecular weight is 1950 g/mol. The van der Waals surface area contributed by atoms with Crippen molar-refractivity contribution in [2.75, 3.05) is 0 Å². The number of nitrogens with zero attached hydrogens (tertiary/aromatic N) is 14. The van der Waals surface area contributed by atoms with Gasteiger partial charge in [-0.1, -0.05) is 363 Å². The number of para-hydroxylation sites is 8. The molecule has 12 heterocycles. The van der Waals surface area contributed by atoms with Crippen molar-refractivity contribution in [2.45, 2.75) is 6.92 Å². The van der Waals surface area contributed by atoms with Gasteiger partial charge in [0.2, 0.25) is 0 Å². The van der Waals surface area contributed by atoms with E-state index in [1.807, 2.05) is 121 Å². The predicted octanol–water partition coefficient (Wildman–Crippen LogP) is 33.8. The first-order valence-electron chi connectivity index (χ1n) is 71.9. The van der Waals surface area contributed by atoms with Crippen molar-refractivity contribution < 1.29 is 69.9 Å². The molecule has 14 nitrogen and oxygen atoms in total. The first-order valence-corrected chi connectivity index (χ1v) is 46.4. The van der Waals surface area contributed by atoms with Crippen LogP contribution in [0.15, 0.2) is 478 Å². The number of hydrogen-bond donors (Lipinski definition) is 0. The molecule has 0 aliphatic heterocycles. The van der Waals surface area contributed by atoms with Gasteiger partial charge >= 0.3 is 0 Å². The maximum absolute atomic E-state index is 9.94. The fourth-order valence-electron chi connectivity index (χ4n) is 20.6. The van der Waals surface area contributed by atoms with Crippen LogP contribution in [0.5, 0.6) is 0 Å². The van der Waals surface area contributed by atoms with Gasteiger partial charge in [-0.25, -0.2) is 39.9 Å². The third-order valence-corrected chi connectivity index (χ3v) is 26.8. The largest absolute Gasteiger partial charge is 0.309 e. The molecule has 0 spiro atoms. The minimum absolute atomic E-state index is 0.00510. The monoisotopic (exact) mass is 1950 g/mol. The lowest BCUT2D eigenvalue weighted by molar-refractivity contribution is 1.06. The molecule has 0 aliphatic rings. The van der Waals surface area contributed by atoms with Crippen LogP contribution in [-0.4, -0.2) is 66.8 Å². The van der Waals surface area contributed by atoms with Gasteiger partial charge in [-0.2, -0.15) is 0 Å². The van der Waals surface area contributed by atoms with E-state index < -0.39 is 380 Å². The van der Waals surface area contributed by atoms with E-state index in [-0.39, 0.29) is 170 Å². The van der Waals surface area contributed by atoms with Gasteiger partial charge in [0.15, 0.2) is 40.8 Å². The van der Waals surface area contributed by atoms with Crippen LogP contribution in [0.1, 0.15) is 75.5 Å². The van der Waals surface area contributed by atoms with Gasteiger partial charge < -0.3 is 26.9 Å². The van der Waals surface area contributed by atoms with E-state index in [1.165, 1.54) is 24.9 Å². The molecular formula is C135H82N14. The minimum atomic E-state index is -0.988. The van der Waals surface area contributed by atoms with Crippen LogP contribution < -0.4 is 0 Å². The molecular weight excluding hydrogens is 1820 g/mol. The second kappa shape index (κ2) is 32.9. The van der Waals surface area contributed by atoms with E-state index in [0.717, 1.165) is 20.1 Å². The highest BCUT2D eigenvalue weighted by molar-refractivity contribution is 6.35. The highest BCUT2D eigenvalue weighted by atomic mass is 15.1. The Morgan fingerprint density at radius 3 is 0.980 bits per heavy atom. The Kier molecular flexibility index (Phi) is 10.6. The maximum Gasteiger partial charge on any atom is 0.166 e. The summed E-state index contributed by atoms with van der Waals surface area (Å²) in [5, 5.41) is -3.60. The fraction of sp³-hybridized carbons (Fsp3) is 0.00741. The number of hydrogen-bond acceptors (Lipinski definition) is 8. The third-order valence-electron chi connectivity index (χ3n) is 26.8. The van der Waals surface area contributed by atoms with Gasteiger partial charge in [-0.15, -0.1) is 0 Å². The van der Waals surface area contributed by atoms with Gasteiger partial charge in [0.25, 0.3) is 0 Å². The van der Waals surface area contributed by atoms with Gasteiger partial charge in [0.05, 0.1) is 170 Å². The summed E-state index contributed by atoms with van der Waals surface area (Å²) >= 11 is 0. The molecule has 149 heavy (non-hydrogen) atoms.